The predicted octanol–water partition coefficient (Wildman–Crippen LogP) is 3.62. The van der Waals surface area contributed by atoms with Crippen molar-refractivity contribution < 1.29 is 0 Å². The minimum atomic E-state index is 0.502. The Morgan fingerprint density at radius 3 is 2.56 bits per heavy atom. The molecule has 18 heavy (non-hydrogen) atoms. The van der Waals surface area contributed by atoms with E-state index in [9.17, 15) is 0 Å². The smallest absolute Gasteiger partial charge is 0.159 e. The number of anilines is 1. The maximum Gasteiger partial charge on any atom is 0.159 e. The van der Waals surface area contributed by atoms with Crippen LogP contribution in [0.4, 0.5) is 5.82 Å². The zero-order valence-corrected chi connectivity index (χ0v) is 12.0. The van der Waals surface area contributed by atoms with Crippen LogP contribution in [-0.4, -0.2) is 21.1 Å². The van der Waals surface area contributed by atoms with Gasteiger partial charge in [0.05, 0.1) is 15.7 Å². The Morgan fingerprint density at radius 1 is 1.28 bits per heavy atom. The van der Waals surface area contributed by atoms with E-state index in [1.807, 2.05) is 25.3 Å². The summed E-state index contributed by atoms with van der Waals surface area (Å²) in [7, 11) is 0. The van der Waals surface area contributed by atoms with Gasteiger partial charge in [0.25, 0.3) is 0 Å². The van der Waals surface area contributed by atoms with Gasteiger partial charge in [0, 0.05) is 12.2 Å². The summed E-state index contributed by atoms with van der Waals surface area (Å²) in [5.74, 6) is 1.26. The lowest BCUT2D eigenvalue weighted by Crippen LogP contribution is -2.05. The number of hydrogen-bond donors (Lipinski definition) is 1. The van der Waals surface area contributed by atoms with Crippen LogP contribution in [0.15, 0.2) is 12.4 Å². The molecule has 0 spiro atoms. The van der Waals surface area contributed by atoms with E-state index < -0.39 is 0 Å². The molecule has 0 radical (unpaired) electrons. The Kier molecular flexibility index (Phi) is 3.78. The van der Waals surface area contributed by atoms with Crippen molar-refractivity contribution in [2.45, 2.75) is 20.8 Å². The van der Waals surface area contributed by atoms with Gasteiger partial charge in [0.2, 0.25) is 0 Å². The van der Waals surface area contributed by atoms with Crippen molar-refractivity contribution in [3.63, 3.8) is 0 Å². The van der Waals surface area contributed by atoms with Gasteiger partial charge in [0.15, 0.2) is 5.82 Å². The molecule has 1 N–H and O–H groups in total. The molecular weight excluding hydrogens is 271 g/mol. The van der Waals surface area contributed by atoms with E-state index in [4.69, 9.17) is 23.2 Å². The van der Waals surface area contributed by atoms with Crippen LogP contribution in [0.1, 0.15) is 18.3 Å². The zero-order chi connectivity index (χ0) is 13.3. The molecule has 2 rings (SSSR count). The van der Waals surface area contributed by atoms with E-state index in [-0.39, 0.29) is 0 Å². The predicted molar refractivity (Wildman–Crippen MR) is 75.0 cm³/mol. The third kappa shape index (κ3) is 2.31. The second-order valence-electron chi connectivity index (χ2n) is 3.94. The van der Waals surface area contributed by atoms with Crippen molar-refractivity contribution in [3.8, 4) is 5.82 Å². The third-order valence-electron chi connectivity index (χ3n) is 2.74. The molecule has 2 heterocycles. The van der Waals surface area contributed by atoms with Crippen LogP contribution in [-0.2, 0) is 0 Å². The van der Waals surface area contributed by atoms with Gasteiger partial charge in [-0.05, 0) is 26.8 Å². The minimum Gasteiger partial charge on any atom is -0.369 e. The second kappa shape index (κ2) is 5.16. The average molecular weight is 285 g/mol. The van der Waals surface area contributed by atoms with Gasteiger partial charge in [-0.15, -0.1) is 0 Å². The summed E-state index contributed by atoms with van der Waals surface area (Å²) >= 11 is 12.3. The summed E-state index contributed by atoms with van der Waals surface area (Å²) in [5, 5.41) is 4.12. The Morgan fingerprint density at radius 2 is 2.00 bits per heavy atom. The van der Waals surface area contributed by atoms with Crippen LogP contribution in [0.5, 0.6) is 0 Å². The first kappa shape index (κ1) is 13.2. The molecule has 6 heteroatoms. The number of pyridine rings is 1. The molecule has 0 saturated heterocycles. The molecule has 2 aromatic rings. The van der Waals surface area contributed by atoms with E-state index >= 15 is 0 Å². The first-order valence-electron chi connectivity index (χ1n) is 5.65. The first-order chi connectivity index (χ1) is 8.54. The molecule has 2 aromatic heterocycles. The molecule has 0 fully saturated rings. The van der Waals surface area contributed by atoms with Crippen LogP contribution >= 0.6 is 23.2 Å². The maximum absolute atomic E-state index is 6.19. The SMILES string of the molecule is CCNc1nc(-n2cnc(C)c2C)c(Cl)cc1Cl. The Bertz CT molecular complexity index is 578. The molecule has 0 aromatic carbocycles. The summed E-state index contributed by atoms with van der Waals surface area (Å²) in [6.45, 7) is 6.65. The Labute approximate surface area is 116 Å². The quantitative estimate of drug-likeness (QED) is 0.936. The fourth-order valence-electron chi connectivity index (χ4n) is 1.63. The number of hydrogen-bond acceptors (Lipinski definition) is 3. The van der Waals surface area contributed by atoms with Gasteiger partial charge in [0.1, 0.15) is 12.1 Å². The highest BCUT2D eigenvalue weighted by Crippen LogP contribution is 2.29. The molecule has 0 bridgehead atoms. The number of aryl methyl sites for hydroxylation is 1. The van der Waals surface area contributed by atoms with Crippen LogP contribution in [0.25, 0.3) is 5.82 Å². The minimum absolute atomic E-state index is 0.502. The van der Waals surface area contributed by atoms with Crippen LogP contribution in [0.2, 0.25) is 10.0 Å². The van der Waals surface area contributed by atoms with Gasteiger partial charge >= 0.3 is 0 Å². The summed E-state index contributed by atoms with van der Waals surface area (Å²) in [6, 6.07) is 1.69. The molecule has 0 aliphatic heterocycles. The van der Waals surface area contributed by atoms with Gasteiger partial charge in [-0.3, -0.25) is 4.57 Å². The van der Waals surface area contributed by atoms with Crippen molar-refractivity contribution in [3.05, 3.63) is 33.8 Å². The molecule has 0 atom stereocenters. The number of imidazole rings is 1. The summed E-state index contributed by atoms with van der Waals surface area (Å²) < 4.78 is 1.86. The van der Waals surface area contributed by atoms with Crippen LogP contribution in [0.3, 0.4) is 0 Å². The maximum atomic E-state index is 6.19. The summed E-state index contributed by atoms with van der Waals surface area (Å²) in [4.78, 5) is 8.70. The normalized spacial score (nSPS) is 10.7. The fraction of sp³-hybridized carbons (Fsp3) is 0.333. The molecular formula is C12H14Cl2N4. The number of rotatable bonds is 3. The Balaban J connectivity index is 2.57. The van der Waals surface area contributed by atoms with Crippen LogP contribution < -0.4 is 5.32 Å². The molecule has 0 aliphatic rings. The zero-order valence-electron chi connectivity index (χ0n) is 10.5. The second-order valence-corrected chi connectivity index (χ2v) is 4.75. The summed E-state index contributed by atoms with van der Waals surface area (Å²) in [5.41, 5.74) is 1.96. The van der Waals surface area contributed by atoms with Gasteiger partial charge in [-0.2, -0.15) is 0 Å². The Hall–Kier alpha value is -1.26. The molecule has 0 amide bonds. The average Bonchev–Trinajstić information content (AvgIpc) is 2.64. The highest BCUT2D eigenvalue weighted by atomic mass is 35.5. The lowest BCUT2D eigenvalue weighted by atomic mass is 10.3. The first-order valence-corrected chi connectivity index (χ1v) is 6.41. The lowest BCUT2D eigenvalue weighted by molar-refractivity contribution is 0.948. The monoisotopic (exact) mass is 284 g/mol. The number of aromatic nitrogens is 3. The topological polar surface area (TPSA) is 42.7 Å². The molecule has 0 unspecified atom stereocenters. The number of nitrogens with one attached hydrogen (secondary N) is 1. The highest BCUT2D eigenvalue weighted by molar-refractivity contribution is 6.36. The molecule has 4 nitrogen and oxygen atoms in total. The molecule has 0 saturated carbocycles. The van der Waals surface area contributed by atoms with E-state index in [0.29, 0.717) is 21.7 Å². The van der Waals surface area contributed by atoms with E-state index in [1.165, 1.54) is 0 Å². The van der Waals surface area contributed by atoms with Crippen molar-refractivity contribution in [1.82, 2.24) is 14.5 Å². The van der Waals surface area contributed by atoms with Crippen molar-refractivity contribution >= 4 is 29.0 Å². The van der Waals surface area contributed by atoms with E-state index in [2.05, 4.69) is 15.3 Å². The largest absolute Gasteiger partial charge is 0.369 e. The number of nitrogens with zero attached hydrogens (tertiary/aromatic N) is 3. The highest BCUT2D eigenvalue weighted by Gasteiger charge is 2.13. The van der Waals surface area contributed by atoms with Crippen molar-refractivity contribution in [1.29, 1.82) is 0 Å². The van der Waals surface area contributed by atoms with E-state index in [0.717, 1.165) is 17.9 Å². The van der Waals surface area contributed by atoms with Crippen molar-refractivity contribution in [2.75, 3.05) is 11.9 Å². The standard InChI is InChI=1S/C12H14Cl2N4/c1-4-15-11-9(13)5-10(14)12(17-11)18-6-16-7(2)8(18)3/h5-6H,4H2,1-3H3,(H,15,17). The fourth-order valence-corrected chi connectivity index (χ4v) is 2.15. The van der Waals surface area contributed by atoms with Gasteiger partial charge < -0.3 is 5.32 Å². The van der Waals surface area contributed by atoms with Gasteiger partial charge in [-0.1, -0.05) is 23.2 Å². The third-order valence-corrected chi connectivity index (χ3v) is 3.30. The molecule has 96 valence electrons. The van der Waals surface area contributed by atoms with Crippen molar-refractivity contribution in [2.24, 2.45) is 0 Å². The van der Waals surface area contributed by atoms with Crippen LogP contribution in [0, 0.1) is 13.8 Å². The molecule has 0 aliphatic carbocycles. The lowest BCUT2D eigenvalue weighted by Gasteiger charge is -2.11. The number of halogens is 2. The summed E-state index contributed by atoms with van der Waals surface area (Å²) in [6.07, 6.45) is 1.71. The van der Waals surface area contributed by atoms with E-state index in [1.54, 1.807) is 12.4 Å². The van der Waals surface area contributed by atoms with Gasteiger partial charge in [-0.25, -0.2) is 9.97 Å².